The number of nitrogens with one attached hydrogen (secondary N) is 1. The third-order valence-electron chi connectivity index (χ3n) is 8.31. The van der Waals surface area contributed by atoms with Gasteiger partial charge in [0.05, 0.1) is 31.7 Å². The van der Waals surface area contributed by atoms with Gasteiger partial charge < -0.3 is 14.8 Å². The van der Waals surface area contributed by atoms with Gasteiger partial charge in [-0.05, 0) is 62.5 Å². The Labute approximate surface area is 202 Å². The predicted octanol–water partition coefficient (Wildman–Crippen LogP) is 4.27. The summed E-state index contributed by atoms with van der Waals surface area (Å²) < 4.78 is 11.9. The van der Waals surface area contributed by atoms with Crippen LogP contribution in [-0.4, -0.2) is 71.2 Å². The lowest BCUT2D eigenvalue weighted by Gasteiger charge is -2.41. The van der Waals surface area contributed by atoms with Crippen LogP contribution in [0.1, 0.15) is 63.5 Å². The lowest BCUT2D eigenvalue weighted by molar-refractivity contribution is -0.150. The van der Waals surface area contributed by atoms with Crippen molar-refractivity contribution in [2.24, 2.45) is 5.41 Å². The molecule has 2 saturated carbocycles. The maximum Gasteiger partial charge on any atom is 0.149 e. The van der Waals surface area contributed by atoms with Crippen LogP contribution in [0, 0.1) is 5.41 Å². The Morgan fingerprint density at radius 3 is 2.82 bits per heavy atom. The van der Waals surface area contributed by atoms with E-state index in [2.05, 4.69) is 44.5 Å². The Bertz CT molecular complexity index is 996. The SMILES string of the molecule is CC1(CN2CC[C@]3(COCCO3)C2)CCC(Nc2cc(-c3cccnc3C3CC3)cnn2)CC1. The molecule has 1 spiro atoms. The predicted molar refractivity (Wildman–Crippen MR) is 132 cm³/mol. The van der Waals surface area contributed by atoms with Crippen molar-refractivity contribution >= 4 is 5.82 Å². The molecule has 2 aromatic rings. The first kappa shape index (κ1) is 22.4. The summed E-state index contributed by atoms with van der Waals surface area (Å²) in [5.74, 6) is 1.49. The van der Waals surface area contributed by atoms with E-state index in [4.69, 9.17) is 9.47 Å². The normalized spacial score (nSPS) is 32.2. The number of aromatic nitrogens is 3. The Kier molecular flexibility index (Phi) is 6.04. The van der Waals surface area contributed by atoms with Gasteiger partial charge >= 0.3 is 0 Å². The summed E-state index contributed by atoms with van der Waals surface area (Å²) in [6, 6.07) is 6.79. The number of likely N-dealkylation sites (tertiary alicyclic amines) is 1. The van der Waals surface area contributed by atoms with Gasteiger partial charge in [0.2, 0.25) is 0 Å². The van der Waals surface area contributed by atoms with Crippen molar-refractivity contribution in [1.82, 2.24) is 20.1 Å². The molecule has 182 valence electrons. The molecule has 0 aromatic carbocycles. The zero-order valence-corrected chi connectivity index (χ0v) is 20.3. The van der Waals surface area contributed by atoms with Gasteiger partial charge in [-0.3, -0.25) is 9.88 Å². The van der Waals surface area contributed by atoms with Gasteiger partial charge in [-0.2, -0.15) is 5.10 Å². The molecular formula is C27H37N5O2. The summed E-state index contributed by atoms with van der Waals surface area (Å²) in [5, 5.41) is 12.4. The van der Waals surface area contributed by atoms with Crippen LogP contribution in [0.5, 0.6) is 0 Å². The molecule has 6 rings (SSSR count). The molecule has 2 aliphatic carbocycles. The zero-order valence-electron chi connectivity index (χ0n) is 20.3. The van der Waals surface area contributed by atoms with Crippen molar-refractivity contribution in [3.8, 4) is 11.1 Å². The highest BCUT2D eigenvalue weighted by Gasteiger charge is 2.43. The molecule has 1 atom stereocenters. The first-order valence-electron chi connectivity index (χ1n) is 13.1. The van der Waals surface area contributed by atoms with E-state index >= 15 is 0 Å². The molecule has 7 heteroatoms. The molecule has 4 aliphatic rings. The van der Waals surface area contributed by atoms with Gasteiger partial charge in [0.15, 0.2) is 0 Å². The minimum Gasteiger partial charge on any atom is -0.376 e. The second kappa shape index (κ2) is 9.17. The van der Waals surface area contributed by atoms with E-state index in [1.54, 1.807) is 0 Å². The van der Waals surface area contributed by atoms with Crippen LogP contribution >= 0.6 is 0 Å². The van der Waals surface area contributed by atoms with E-state index in [0.29, 0.717) is 17.4 Å². The van der Waals surface area contributed by atoms with Crippen molar-refractivity contribution < 1.29 is 9.47 Å². The summed E-state index contributed by atoms with van der Waals surface area (Å²) in [6.45, 7) is 8.01. The van der Waals surface area contributed by atoms with Gasteiger partial charge in [0.25, 0.3) is 0 Å². The number of ether oxygens (including phenoxy) is 2. The number of nitrogens with zero attached hydrogens (tertiary/aromatic N) is 4. The molecule has 4 fully saturated rings. The van der Waals surface area contributed by atoms with E-state index in [1.165, 1.54) is 49.8 Å². The topological polar surface area (TPSA) is 72.4 Å². The summed E-state index contributed by atoms with van der Waals surface area (Å²) >= 11 is 0. The lowest BCUT2D eigenvalue weighted by Crippen LogP contribution is -2.47. The average molecular weight is 464 g/mol. The van der Waals surface area contributed by atoms with Crippen molar-refractivity contribution in [3.63, 3.8) is 0 Å². The van der Waals surface area contributed by atoms with Crippen molar-refractivity contribution in [2.45, 2.75) is 69.4 Å². The molecule has 0 amide bonds. The Morgan fingerprint density at radius 1 is 1.15 bits per heavy atom. The quantitative estimate of drug-likeness (QED) is 0.686. The fraction of sp³-hybridized carbons (Fsp3) is 0.667. The maximum absolute atomic E-state index is 6.13. The molecule has 7 nitrogen and oxygen atoms in total. The number of hydrogen-bond donors (Lipinski definition) is 1. The van der Waals surface area contributed by atoms with Gasteiger partial charge in [0, 0.05) is 48.9 Å². The smallest absolute Gasteiger partial charge is 0.149 e. The maximum atomic E-state index is 6.13. The highest BCUT2D eigenvalue weighted by molar-refractivity contribution is 5.68. The van der Waals surface area contributed by atoms with Crippen LogP contribution in [0.15, 0.2) is 30.6 Å². The largest absolute Gasteiger partial charge is 0.376 e. The first-order chi connectivity index (χ1) is 16.6. The summed E-state index contributed by atoms with van der Waals surface area (Å²) in [5.41, 5.74) is 3.84. The van der Waals surface area contributed by atoms with Crippen molar-refractivity contribution in [1.29, 1.82) is 0 Å². The van der Waals surface area contributed by atoms with Gasteiger partial charge in [-0.1, -0.05) is 13.0 Å². The van der Waals surface area contributed by atoms with E-state index in [0.717, 1.165) is 57.3 Å². The number of hydrogen-bond acceptors (Lipinski definition) is 7. The highest BCUT2D eigenvalue weighted by Crippen LogP contribution is 2.43. The highest BCUT2D eigenvalue weighted by atomic mass is 16.6. The molecule has 34 heavy (non-hydrogen) atoms. The second-order valence-corrected chi connectivity index (χ2v) is 11.3. The average Bonchev–Trinajstić information content (AvgIpc) is 3.65. The fourth-order valence-electron chi connectivity index (χ4n) is 6.21. The molecule has 0 bridgehead atoms. The van der Waals surface area contributed by atoms with Gasteiger partial charge in [0.1, 0.15) is 11.4 Å². The molecule has 2 aliphatic heterocycles. The first-order valence-corrected chi connectivity index (χ1v) is 13.1. The number of rotatable bonds is 6. The van der Waals surface area contributed by atoms with Crippen LogP contribution in [0.4, 0.5) is 5.82 Å². The van der Waals surface area contributed by atoms with Crippen molar-refractivity contribution in [3.05, 3.63) is 36.3 Å². The molecule has 4 heterocycles. The lowest BCUT2D eigenvalue weighted by atomic mass is 9.73. The van der Waals surface area contributed by atoms with E-state index in [9.17, 15) is 0 Å². The molecule has 2 saturated heterocycles. The molecular weight excluding hydrogens is 426 g/mol. The van der Waals surface area contributed by atoms with Crippen LogP contribution < -0.4 is 5.32 Å². The zero-order chi connectivity index (χ0) is 23.0. The number of anilines is 1. The Hall–Kier alpha value is -2.09. The Morgan fingerprint density at radius 2 is 2.03 bits per heavy atom. The summed E-state index contributed by atoms with van der Waals surface area (Å²) in [4.78, 5) is 7.27. The molecule has 2 aromatic heterocycles. The minimum absolute atomic E-state index is 0.0509. The third kappa shape index (κ3) is 4.83. The van der Waals surface area contributed by atoms with Gasteiger partial charge in [-0.15, -0.1) is 5.10 Å². The van der Waals surface area contributed by atoms with Crippen LogP contribution in [0.2, 0.25) is 0 Å². The second-order valence-electron chi connectivity index (χ2n) is 11.3. The van der Waals surface area contributed by atoms with Crippen LogP contribution in [0.3, 0.4) is 0 Å². The van der Waals surface area contributed by atoms with E-state index in [1.807, 2.05) is 18.5 Å². The Balaban J connectivity index is 1.05. The van der Waals surface area contributed by atoms with Crippen molar-refractivity contribution in [2.75, 3.05) is 44.8 Å². The van der Waals surface area contributed by atoms with E-state index in [-0.39, 0.29) is 5.60 Å². The standard InChI is InChI=1S/C27H37N5O2/c1-26(17-32-12-10-27(18-32)19-33-13-14-34-27)8-6-22(7-9-26)30-24-15-21(16-29-31-24)23-3-2-11-28-25(23)20-4-5-20/h2-3,11,15-16,20,22H,4-10,12-14,17-19H2,1H3,(H,30,31)/t22?,26?,27-/m1/s1. The minimum atomic E-state index is -0.0509. The summed E-state index contributed by atoms with van der Waals surface area (Å²) in [6.07, 6.45) is 12.2. The monoisotopic (exact) mass is 463 g/mol. The van der Waals surface area contributed by atoms with Crippen LogP contribution in [-0.2, 0) is 9.47 Å². The molecule has 0 unspecified atom stereocenters. The third-order valence-corrected chi connectivity index (χ3v) is 8.31. The fourth-order valence-corrected chi connectivity index (χ4v) is 6.21. The summed E-state index contributed by atoms with van der Waals surface area (Å²) in [7, 11) is 0. The van der Waals surface area contributed by atoms with Gasteiger partial charge in [-0.25, -0.2) is 0 Å². The molecule has 1 N–H and O–H groups in total. The molecule has 0 radical (unpaired) electrons. The van der Waals surface area contributed by atoms with Crippen LogP contribution in [0.25, 0.3) is 11.1 Å². The number of pyridine rings is 1. The van der Waals surface area contributed by atoms with E-state index < -0.39 is 0 Å².